The predicted octanol–water partition coefficient (Wildman–Crippen LogP) is 3.07. The molecule has 4 heteroatoms. The smallest absolute Gasteiger partial charge is 0.0879 e. The van der Waals surface area contributed by atoms with E-state index in [0.29, 0.717) is 25.2 Å². The van der Waals surface area contributed by atoms with Gasteiger partial charge in [-0.2, -0.15) is 0 Å². The van der Waals surface area contributed by atoms with Crippen molar-refractivity contribution < 1.29 is 19.7 Å². The lowest BCUT2D eigenvalue weighted by atomic mass is 10.1. The molecule has 1 heterocycles. The van der Waals surface area contributed by atoms with Gasteiger partial charge in [-0.3, -0.25) is 0 Å². The van der Waals surface area contributed by atoms with E-state index in [1.165, 1.54) is 0 Å². The molecule has 0 bridgehead atoms. The Kier molecular flexibility index (Phi) is 12.0. The van der Waals surface area contributed by atoms with Crippen molar-refractivity contribution in [3.8, 4) is 0 Å². The highest BCUT2D eigenvalue weighted by Crippen LogP contribution is 2.29. The van der Waals surface area contributed by atoms with Crippen molar-refractivity contribution in [2.24, 2.45) is 0 Å². The largest absolute Gasteiger partial charge is 0.550 e. The van der Waals surface area contributed by atoms with Crippen molar-refractivity contribution in [3.05, 3.63) is 36.5 Å². The second-order valence-electron chi connectivity index (χ2n) is 6.17. The van der Waals surface area contributed by atoms with Crippen LogP contribution in [0.3, 0.4) is 0 Å². The van der Waals surface area contributed by atoms with Crippen LogP contribution in [0.25, 0.3) is 0 Å². The first-order chi connectivity index (χ1) is 11.7. The molecule has 0 saturated carbocycles. The highest BCUT2D eigenvalue weighted by Gasteiger charge is 2.35. The highest BCUT2D eigenvalue weighted by atomic mass is 16.6. The Morgan fingerprint density at radius 2 is 1.50 bits per heavy atom. The van der Waals surface area contributed by atoms with Gasteiger partial charge in [-0.25, -0.2) is 0 Å². The van der Waals surface area contributed by atoms with Crippen LogP contribution >= 0.6 is 0 Å². The van der Waals surface area contributed by atoms with E-state index in [1.54, 1.807) is 0 Å². The number of hydrogen-bond donors (Lipinski definition) is 1. The van der Waals surface area contributed by atoms with E-state index in [-0.39, 0.29) is 6.42 Å². The van der Waals surface area contributed by atoms with Crippen LogP contribution in [-0.2, 0) is 9.53 Å². The van der Waals surface area contributed by atoms with Crippen LogP contribution in [0.1, 0.15) is 64.2 Å². The molecule has 2 atom stereocenters. The fourth-order valence-electron chi connectivity index (χ4n) is 2.48. The molecule has 1 saturated heterocycles. The third-order valence-corrected chi connectivity index (χ3v) is 3.98. The van der Waals surface area contributed by atoms with Gasteiger partial charge in [0.2, 0.25) is 0 Å². The lowest BCUT2D eigenvalue weighted by Gasteiger charge is -1.97. The molecular formula is C20H31O4-. The summed E-state index contributed by atoms with van der Waals surface area (Å²) >= 11 is 0. The third kappa shape index (κ3) is 12.1. The fraction of sp³-hybridized carbons (Fsp3) is 0.650. The first kappa shape index (κ1) is 20.7. The summed E-state index contributed by atoms with van der Waals surface area (Å²) in [6.45, 7) is 0.301. The first-order valence-electron chi connectivity index (χ1n) is 9.15. The standard InChI is InChI=1S/C20H32O4/c21-17-13-9-5-3-1-2-4-6-10-14-18-19(24-18)15-11-7-8-12-16-20(22)23/h1-2,6-7,10-11,18-19,21H,3-5,8-9,12-17H2,(H,22,23)/p-1/b2-1-,10-6-,11-7-. The van der Waals surface area contributed by atoms with Crippen molar-refractivity contribution in [2.75, 3.05) is 6.61 Å². The van der Waals surface area contributed by atoms with Crippen LogP contribution in [0.4, 0.5) is 0 Å². The van der Waals surface area contributed by atoms with Crippen LogP contribution in [0, 0.1) is 0 Å². The van der Waals surface area contributed by atoms with Gasteiger partial charge in [0.1, 0.15) is 0 Å². The summed E-state index contributed by atoms with van der Waals surface area (Å²) in [5, 5.41) is 18.9. The quantitative estimate of drug-likeness (QED) is 0.284. The monoisotopic (exact) mass is 335 g/mol. The van der Waals surface area contributed by atoms with E-state index in [4.69, 9.17) is 9.84 Å². The number of aliphatic hydroxyl groups excluding tert-OH is 1. The molecule has 0 aromatic heterocycles. The van der Waals surface area contributed by atoms with Gasteiger partial charge in [0, 0.05) is 12.6 Å². The minimum Gasteiger partial charge on any atom is -0.550 e. The highest BCUT2D eigenvalue weighted by molar-refractivity contribution is 5.64. The van der Waals surface area contributed by atoms with Gasteiger partial charge < -0.3 is 19.7 Å². The molecular weight excluding hydrogens is 304 g/mol. The zero-order valence-electron chi connectivity index (χ0n) is 14.6. The lowest BCUT2D eigenvalue weighted by Crippen LogP contribution is -2.21. The molecule has 0 aromatic carbocycles. The number of unbranched alkanes of at least 4 members (excludes halogenated alkanes) is 4. The SMILES string of the molecule is O=C([O-])CCC/C=C\CC1OC1C/C=C\C/C=C\CCCCCO. The van der Waals surface area contributed by atoms with Crippen LogP contribution in [-0.4, -0.2) is 29.9 Å². The molecule has 1 rings (SSSR count). The first-order valence-corrected chi connectivity index (χ1v) is 9.15. The van der Waals surface area contributed by atoms with E-state index in [2.05, 4.69) is 30.4 Å². The summed E-state index contributed by atoms with van der Waals surface area (Å²) < 4.78 is 5.60. The van der Waals surface area contributed by atoms with Crippen molar-refractivity contribution in [3.63, 3.8) is 0 Å². The number of carboxylic acid groups (broad SMARTS) is 1. The molecule has 1 aliphatic heterocycles. The van der Waals surface area contributed by atoms with Crippen molar-refractivity contribution in [2.45, 2.75) is 76.4 Å². The molecule has 0 amide bonds. The molecule has 0 aliphatic carbocycles. The zero-order valence-corrected chi connectivity index (χ0v) is 14.6. The van der Waals surface area contributed by atoms with Gasteiger partial charge in [0.25, 0.3) is 0 Å². The molecule has 0 radical (unpaired) electrons. The van der Waals surface area contributed by atoms with Crippen molar-refractivity contribution in [1.82, 2.24) is 0 Å². The minimum atomic E-state index is -0.975. The number of carbonyl (C=O) groups is 1. The molecule has 136 valence electrons. The van der Waals surface area contributed by atoms with Crippen LogP contribution < -0.4 is 5.11 Å². The van der Waals surface area contributed by atoms with E-state index in [0.717, 1.165) is 51.4 Å². The molecule has 1 aliphatic rings. The summed E-state index contributed by atoms with van der Waals surface area (Å²) in [7, 11) is 0. The lowest BCUT2D eigenvalue weighted by molar-refractivity contribution is -0.305. The van der Waals surface area contributed by atoms with Gasteiger partial charge in [-0.1, -0.05) is 42.9 Å². The summed E-state index contributed by atoms with van der Waals surface area (Å²) in [6, 6.07) is 0. The second-order valence-corrected chi connectivity index (χ2v) is 6.17. The number of epoxide rings is 1. The van der Waals surface area contributed by atoms with Gasteiger partial charge >= 0.3 is 0 Å². The number of allylic oxidation sites excluding steroid dienone is 4. The second kappa shape index (κ2) is 14.0. The maximum atomic E-state index is 10.3. The molecule has 24 heavy (non-hydrogen) atoms. The third-order valence-electron chi connectivity index (χ3n) is 3.98. The summed E-state index contributed by atoms with van der Waals surface area (Å²) in [6.07, 6.45) is 22.2. The summed E-state index contributed by atoms with van der Waals surface area (Å²) in [4.78, 5) is 10.3. The number of carboxylic acids is 1. The molecule has 0 spiro atoms. The topological polar surface area (TPSA) is 72.9 Å². The van der Waals surface area contributed by atoms with E-state index >= 15 is 0 Å². The fourth-order valence-corrected chi connectivity index (χ4v) is 2.48. The molecule has 4 nitrogen and oxygen atoms in total. The Morgan fingerprint density at radius 1 is 0.875 bits per heavy atom. The van der Waals surface area contributed by atoms with Crippen LogP contribution in [0.15, 0.2) is 36.5 Å². The maximum Gasteiger partial charge on any atom is 0.0879 e. The molecule has 0 aromatic rings. The Bertz CT molecular complexity index is 412. The van der Waals surface area contributed by atoms with Crippen LogP contribution in [0.5, 0.6) is 0 Å². The molecule has 2 unspecified atom stereocenters. The number of aliphatic hydroxyl groups is 1. The van der Waals surface area contributed by atoms with Gasteiger partial charge in [-0.15, -0.1) is 0 Å². The zero-order chi connectivity index (χ0) is 17.5. The number of aliphatic carboxylic acids is 1. The average Bonchev–Trinajstić information content (AvgIpc) is 3.30. The normalized spacial score (nSPS) is 20.5. The number of rotatable bonds is 15. The Labute approximate surface area is 145 Å². The van der Waals surface area contributed by atoms with Gasteiger partial charge in [-0.05, 0) is 57.8 Å². The van der Waals surface area contributed by atoms with Crippen molar-refractivity contribution in [1.29, 1.82) is 0 Å². The number of carbonyl (C=O) groups excluding carboxylic acids is 1. The van der Waals surface area contributed by atoms with E-state index in [9.17, 15) is 9.90 Å². The minimum absolute atomic E-state index is 0.134. The Balaban J connectivity index is 1.91. The number of ether oxygens (including phenoxy) is 1. The molecule has 1 fully saturated rings. The van der Waals surface area contributed by atoms with E-state index < -0.39 is 5.97 Å². The summed E-state index contributed by atoms with van der Waals surface area (Å²) in [5.74, 6) is -0.975. The number of hydrogen-bond acceptors (Lipinski definition) is 4. The maximum absolute atomic E-state index is 10.3. The molecule has 1 N–H and O–H groups in total. The van der Waals surface area contributed by atoms with Gasteiger partial charge in [0.05, 0.1) is 12.2 Å². The summed E-state index contributed by atoms with van der Waals surface area (Å²) in [5.41, 5.74) is 0. The van der Waals surface area contributed by atoms with E-state index in [1.807, 2.05) is 6.08 Å². The van der Waals surface area contributed by atoms with Crippen LogP contribution in [0.2, 0.25) is 0 Å². The predicted molar refractivity (Wildman–Crippen MR) is 94.3 cm³/mol. The average molecular weight is 335 g/mol. The van der Waals surface area contributed by atoms with Crippen molar-refractivity contribution >= 4 is 5.97 Å². The van der Waals surface area contributed by atoms with Gasteiger partial charge in [0.15, 0.2) is 0 Å². The Morgan fingerprint density at radius 3 is 2.21 bits per heavy atom. The Hall–Kier alpha value is -1.39.